The molecule has 0 bridgehead atoms. The van der Waals surface area contributed by atoms with E-state index in [4.69, 9.17) is 4.74 Å². The third-order valence-electron chi connectivity index (χ3n) is 3.39. The lowest BCUT2D eigenvalue weighted by atomic mass is 10.1. The van der Waals surface area contributed by atoms with E-state index in [0.29, 0.717) is 11.3 Å². The Labute approximate surface area is 146 Å². The molecule has 1 atom stereocenters. The number of carbonyl (C=O) groups excluding carboxylic acids is 3. The fourth-order valence-electron chi connectivity index (χ4n) is 2.10. The van der Waals surface area contributed by atoms with Crippen molar-refractivity contribution in [2.75, 3.05) is 11.9 Å². The molecule has 0 saturated heterocycles. The first-order valence-electron chi connectivity index (χ1n) is 7.86. The second kappa shape index (κ2) is 8.63. The van der Waals surface area contributed by atoms with Crippen LogP contribution in [-0.4, -0.2) is 30.4 Å². The Kier molecular flexibility index (Phi) is 6.28. The summed E-state index contributed by atoms with van der Waals surface area (Å²) in [6.45, 7) is 3.03. The van der Waals surface area contributed by atoms with E-state index >= 15 is 0 Å². The first kappa shape index (κ1) is 18.2. The van der Waals surface area contributed by atoms with Gasteiger partial charge in [-0.2, -0.15) is 0 Å². The number of amides is 2. The van der Waals surface area contributed by atoms with E-state index < -0.39 is 18.0 Å². The van der Waals surface area contributed by atoms with Crippen molar-refractivity contribution >= 4 is 23.5 Å². The van der Waals surface area contributed by atoms with Gasteiger partial charge in [0.2, 0.25) is 0 Å². The Morgan fingerprint density at radius 2 is 1.76 bits per heavy atom. The number of aryl methyl sites for hydroxylation is 1. The Balaban J connectivity index is 1.79. The maximum atomic E-state index is 12.0. The summed E-state index contributed by atoms with van der Waals surface area (Å²) in [6, 6.07) is 15.9. The highest BCUT2D eigenvalue weighted by molar-refractivity contribution is 5.97. The lowest BCUT2D eigenvalue weighted by molar-refractivity contribution is -0.152. The highest BCUT2D eigenvalue weighted by Crippen LogP contribution is 2.07. The SMILES string of the molecule is Cc1cccc(C(=O)NCC(=O)OC(C)C(=O)Nc2ccccc2)c1. The summed E-state index contributed by atoms with van der Waals surface area (Å²) < 4.78 is 5.03. The molecule has 2 rings (SSSR count). The van der Waals surface area contributed by atoms with E-state index in [9.17, 15) is 14.4 Å². The van der Waals surface area contributed by atoms with Crippen molar-refractivity contribution in [1.29, 1.82) is 0 Å². The maximum absolute atomic E-state index is 12.0. The number of rotatable bonds is 6. The van der Waals surface area contributed by atoms with Crippen LogP contribution in [0.4, 0.5) is 5.69 Å². The van der Waals surface area contributed by atoms with E-state index in [0.717, 1.165) is 5.56 Å². The van der Waals surface area contributed by atoms with Crippen LogP contribution < -0.4 is 10.6 Å². The summed E-state index contributed by atoms with van der Waals surface area (Å²) in [7, 11) is 0. The Hall–Kier alpha value is -3.15. The molecule has 2 aromatic carbocycles. The van der Waals surface area contributed by atoms with Crippen LogP contribution in [0.5, 0.6) is 0 Å². The van der Waals surface area contributed by atoms with Gasteiger partial charge in [-0.05, 0) is 38.1 Å². The molecule has 2 N–H and O–H groups in total. The summed E-state index contributed by atoms with van der Waals surface area (Å²) in [5.41, 5.74) is 2.02. The summed E-state index contributed by atoms with van der Waals surface area (Å²) in [4.78, 5) is 35.7. The smallest absolute Gasteiger partial charge is 0.326 e. The predicted octanol–water partition coefficient (Wildman–Crippen LogP) is 2.30. The minimum atomic E-state index is -0.969. The average molecular weight is 340 g/mol. The van der Waals surface area contributed by atoms with E-state index in [1.54, 1.807) is 42.5 Å². The van der Waals surface area contributed by atoms with Gasteiger partial charge in [0.05, 0.1) is 0 Å². The van der Waals surface area contributed by atoms with Gasteiger partial charge in [-0.3, -0.25) is 14.4 Å². The summed E-state index contributed by atoms with van der Waals surface area (Å²) in [5.74, 6) is -1.50. The number of esters is 1. The number of anilines is 1. The van der Waals surface area contributed by atoms with E-state index in [1.165, 1.54) is 6.92 Å². The van der Waals surface area contributed by atoms with Crippen LogP contribution in [0.15, 0.2) is 54.6 Å². The predicted molar refractivity (Wildman–Crippen MR) is 94.1 cm³/mol. The van der Waals surface area contributed by atoms with Gasteiger partial charge >= 0.3 is 5.97 Å². The molecular weight excluding hydrogens is 320 g/mol. The van der Waals surface area contributed by atoms with E-state index in [1.807, 2.05) is 19.1 Å². The van der Waals surface area contributed by atoms with Gasteiger partial charge in [-0.15, -0.1) is 0 Å². The zero-order valence-corrected chi connectivity index (χ0v) is 14.1. The molecule has 2 aromatic rings. The lowest BCUT2D eigenvalue weighted by Crippen LogP contribution is -2.35. The van der Waals surface area contributed by atoms with Crippen LogP contribution in [0, 0.1) is 6.92 Å². The minimum absolute atomic E-state index is 0.310. The Morgan fingerprint density at radius 1 is 1.04 bits per heavy atom. The van der Waals surface area contributed by atoms with Gasteiger partial charge in [-0.25, -0.2) is 0 Å². The second-order valence-corrected chi connectivity index (χ2v) is 5.54. The molecule has 0 saturated carbocycles. The average Bonchev–Trinajstić information content (AvgIpc) is 2.60. The number of hydrogen-bond donors (Lipinski definition) is 2. The van der Waals surface area contributed by atoms with Crippen LogP contribution >= 0.6 is 0 Å². The highest BCUT2D eigenvalue weighted by atomic mass is 16.5. The first-order chi connectivity index (χ1) is 12.0. The minimum Gasteiger partial charge on any atom is -0.451 e. The Bertz CT molecular complexity index is 759. The fourth-order valence-corrected chi connectivity index (χ4v) is 2.10. The number of benzene rings is 2. The first-order valence-corrected chi connectivity index (χ1v) is 7.86. The van der Waals surface area contributed by atoms with Crippen molar-refractivity contribution in [1.82, 2.24) is 5.32 Å². The van der Waals surface area contributed by atoms with Crippen LogP contribution in [0.3, 0.4) is 0 Å². The van der Waals surface area contributed by atoms with E-state index in [-0.39, 0.29) is 12.5 Å². The molecule has 1 unspecified atom stereocenters. The van der Waals surface area contributed by atoms with Gasteiger partial charge in [-0.1, -0.05) is 35.9 Å². The monoisotopic (exact) mass is 340 g/mol. The van der Waals surface area contributed by atoms with Crippen molar-refractivity contribution < 1.29 is 19.1 Å². The quantitative estimate of drug-likeness (QED) is 0.790. The summed E-state index contributed by atoms with van der Waals surface area (Å²) >= 11 is 0. The Morgan fingerprint density at radius 3 is 2.44 bits per heavy atom. The molecule has 6 nitrogen and oxygen atoms in total. The zero-order chi connectivity index (χ0) is 18.2. The largest absolute Gasteiger partial charge is 0.451 e. The number of hydrogen-bond acceptors (Lipinski definition) is 4. The van der Waals surface area contributed by atoms with Crippen molar-refractivity contribution in [3.63, 3.8) is 0 Å². The number of para-hydroxylation sites is 1. The molecule has 25 heavy (non-hydrogen) atoms. The number of ether oxygens (including phenoxy) is 1. The van der Waals surface area contributed by atoms with Crippen LogP contribution in [0.2, 0.25) is 0 Å². The molecule has 130 valence electrons. The van der Waals surface area contributed by atoms with Gasteiger partial charge in [0, 0.05) is 11.3 Å². The molecule has 0 heterocycles. The molecule has 2 amide bonds. The zero-order valence-electron chi connectivity index (χ0n) is 14.1. The number of carbonyl (C=O) groups is 3. The summed E-state index contributed by atoms with van der Waals surface area (Å²) in [6.07, 6.45) is -0.969. The molecule has 0 aliphatic rings. The molecule has 6 heteroatoms. The normalized spacial score (nSPS) is 11.3. The topological polar surface area (TPSA) is 84.5 Å². The van der Waals surface area contributed by atoms with Gasteiger partial charge in [0.25, 0.3) is 11.8 Å². The second-order valence-electron chi connectivity index (χ2n) is 5.54. The molecule has 0 spiro atoms. The molecule has 0 fully saturated rings. The van der Waals surface area contributed by atoms with Gasteiger partial charge < -0.3 is 15.4 Å². The third-order valence-corrected chi connectivity index (χ3v) is 3.39. The fraction of sp³-hybridized carbons (Fsp3) is 0.211. The molecule has 0 aromatic heterocycles. The van der Waals surface area contributed by atoms with Crippen LogP contribution in [0.25, 0.3) is 0 Å². The lowest BCUT2D eigenvalue weighted by Gasteiger charge is -2.14. The maximum Gasteiger partial charge on any atom is 0.326 e. The summed E-state index contributed by atoms with van der Waals surface area (Å²) in [5, 5.41) is 5.12. The van der Waals surface area contributed by atoms with Crippen LogP contribution in [0.1, 0.15) is 22.8 Å². The third kappa shape index (κ3) is 5.76. The van der Waals surface area contributed by atoms with Crippen LogP contribution in [-0.2, 0) is 14.3 Å². The number of nitrogens with one attached hydrogen (secondary N) is 2. The molecule has 0 aliphatic heterocycles. The standard InChI is InChI=1S/C19H20N2O4/c1-13-7-6-8-15(11-13)19(24)20-12-17(22)25-14(2)18(23)21-16-9-4-3-5-10-16/h3-11,14H,12H2,1-2H3,(H,20,24)(H,21,23). The molecular formula is C19H20N2O4. The van der Waals surface area contributed by atoms with Crippen molar-refractivity contribution in [3.8, 4) is 0 Å². The van der Waals surface area contributed by atoms with Crippen molar-refractivity contribution in [2.24, 2.45) is 0 Å². The molecule has 0 radical (unpaired) electrons. The van der Waals surface area contributed by atoms with Crippen molar-refractivity contribution in [2.45, 2.75) is 20.0 Å². The highest BCUT2D eigenvalue weighted by Gasteiger charge is 2.18. The van der Waals surface area contributed by atoms with Gasteiger partial charge in [0.1, 0.15) is 6.54 Å². The van der Waals surface area contributed by atoms with E-state index in [2.05, 4.69) is 10.6 Å². The molecule has 0 aliphatic carbocycles. The van der Waals surface area contributed by atoms with Crippen molar-refractivity contribution in [3.05, 3.63) is 65.7 Å². The van der Waals surface area contributed by atoms with Gasteiger partial charge in [0.15, 0.2) is 6.10 Å².